The molecule has 0 aliphatic carbocycles. The molecule has 0 bridgehead atoms. The minimum absolute atomic E-state index is 0.145. The van der Waals surface area contributed by atoms with Crippen molar-refractivity contribution in [3.05, 3.63) is 52.3 Å². The van der Waals surface area contributed by atoms with Crippen molar-refractivity contribution in [1.82, 2.24) is 15.5 Å². The third kappa shape index (κ3) is 3.91. The summed E-state index contributed by atoms with van der Waals surface area (Å²) in [5.74, 6) is -0.573. The number of carbonyl (C=O) groups excluding carboxylic acids is 2. The Kier molecular flexibility index (Phi) is 5.32. The van der Waals surface area contributed by atoms with Crippen molar-refractivity contribution < 1.29 is 14.1 Å². The number of para-hydroxylation sites is 1. The molecule has 3 rings (SSSR count). The van der Waals surface area contributed by atoms with Gasteiger partial charge in [-0.25, -0.2) is 4.98 Å². The van der Waals surface area contributed by atoms with Crippen LogP contribution in [0.3, 0.4) is 0 Å². The lowest BCUT2D eigenvalue weighted by molar-refractivity contribution is -0.115. The van der Waals surface area contributed by atoms with E-state index in [1.54, 1.807) is 12.1 Å². The van der Waals surface area contributed by atoms with Crippen molar-refractivity contribution in [1.29, 1.82) is 0 Å². The van der Waals surface area contributed by atoms with Gasteiger partial charge in [0.1, 0.15) is 0 Å². The first-order valence-electron chi connectivity index (χ1n) is 8.03. The Labute approximate surface area is 158 Å². The standard InChI is InChI=1S/C18H17BrN4O3/c1-10(2)16-12-7-11(8-21-18(12)26-23-16)17(25)20-9-15(24)22-14-6-4-3-5-13(14)19/h3-8,10H,9H2,1-2H3,(H,20,25)(H,22,24). The monoisotopic (exact) mass is 416 g/mol. The molecule has 0 aliphatic heterocycles. The van der Waals surface area contributed by atoms with E-state index in [4.69, 9.17) is 4.52 Å². The third-order valence-corrected chi connectivity index (χ3v) is 4.42. The maximum Gasteiger partial charge on any atom is 0.257 e. The molecule has 0 saturated carbocycles. The topological polar surface area (TPSA) is 97.1 Å². The lowest BCUT2D eigenvalue weighted by Gasteiger charge is -2.08. The van der Waals surface area contributed by atoms with Gasteiger partial charge in [0.15, 0.2) is 0 Å². The summed E-state index contributed by atoms with van der Waals surface area (Å²) in [6.45, 7) is 3.81. The lowest BCUT2D eigenvalue weighted by atomic mass is 10.1. The molecule has 0 saturated heterocycles. The number of rotatable bonds is 5. The molecule has 0 atom stereocenters. The van der Waals surface area contributed by atoms with Crippen LogP contribution in [0, 0.1) is 0 Å². The molecule has 0 unspecified atom stereocenters. The zero-order chi connectivity index (χ0) is 18.7. The van der Waals surface area contributed by atoms with Crippen LogP contribution >= 0.6 is 15.9 Å². The number of nitrogens with zero attached hydrogens (tertiary/aromatic N) is 2. The Morgan fingerprint density at radius 2 is 2.04 bits per heavy atom. The summed E-state index contributed by atoms with van der Waals surface area (Å²) in [5.41, 5.74) is 2.11. The molecule has 0 spiro atoms. The van der Waals surface area contributed by atoms with E-state index in [1.165, 1.54) is 6.20 Å². The predicted octanol–water partition coefficient (Wildman–Crippen LogP) is 3.48. The van der Waals surface area contributed by atoms with E-state index >= 15 is 0 Å². The molecular formula is C18H17BrN4O3. The van der Waals surface area contributed by atoms with E-state index in [1.807, 2.05) is 32.0 Å². The SMILES string of the molecule is CC(C)c1noc2ncc(C(=O)NCC(=O)Nc3ccccc3Br)cc12. The van der Waals surface area contributed by atoms with Crippen molar-refractivity contribution >= 4 is 44.5 Å². The molecule has 26 heavy (non-hydrogen) atoms. The zero-order valence-electron chi connectivity index (χ0n) is 14.2. The van der Waals surface area contributed by atoms with Gasteiger partial charge >= 0.3 is 0 Å². The predicted molar refractivity (Wildman–Crippen MR) is 101 cm³/mol. The number of fused-ring (bicyclic) bond motifs is 1. The van der Waals surface area contributed by atoms with E-state index in [0.29, 0.717) is 22.4 Å². The van der Waals surface area contributed by atoms with E-state index in [2.05, 4.69) is 36.7 Å². The van der Waals surface area contributed by atoms with Crippen molar-refractivity contribution in [3.8, 4) is 0 Å². The largest absolute Gasteiger partial charge is 0.343 e. The molecule has 8 heteroatoms. The summed E-state index contributed by atoms with van der Waals surface area (Å²) in [6, 6.07) is 8.92. The van der Waals surface area contributed by atoms with Crippen LogP contribution in [0.5, 0.6) is 0 Å². The van der Waals surface area contributed by atoms with Gasteiger partial charge in [0.2, 0.25) is 5.91 Å². The van der Waals surface area contributed by atoms with E-state index in [9.17, 15) is 9.59 Å². The zero-order valence-corrected chi connectivity index (χ0v) is 15.8. The molecule has 0 fully saturated rings. The number of benzene rings is 1. The van der Waals surface area contributed by atoms with Gasteiger partial charge in [-0.15, -0.1) is 0 Å². The van der Waals surface area contributed by atoms with Gasteiger partial charge in [-0.2, -0.15) is 0 Å². The molecule has 2 aromatic heterocycles. The maximum absolute atomic E-state index is 12.3. The van der Waals surface area contributed by atoms with Crippen LogP contribution in [0.2, 0.25) is 0 Å². The number of hydrogen-bond acceptors (Lipinski definition) is 5. The van der Waals surface area contributed by atoms with Gasteiger partial charge in [-0.05, 0) is 40.0 Å². The highest BCUT2D eigenvalue weighted by Crippen LogP contribution is 2.24. The second-order valence-corrected chi connectivity index (χ2v) is 6.86. The second kappa shape index (κ2) is 7.65. The van der Waals surface area contributed by atoms with Crippen molar-refractivity contribution in [2.45, 2.75) is 19.8 Å². The fourth-order valence-electron chi connectivity index (χ4n) is 2.41. The van der Waals surface area contributed by atoms with E-state index in [-0.39, 0.29) is 18.4 Å². The molecule has 2 heterocycles. The highest BCUT2D eigenvalue weighted by Gasteiger charge is 2.16. The first-order chi connectivity index (χ1) is 12.5. The van der Waals surface area contributed by atoms with Crippen molar-refractivity contribution in [2.75, 3.05) is 11.9 Å². The van der Waals surface area contributed by atoms with Crippen LogP contribution in [-0.4, -0.2) is 28.5 Å². The minimum Gasteiger partial charge on any atom is -0.343 e. The summed E-state index contributed by atoms with van der Waals surface area (Å²) in [5, 5.41) is 10.00. The normalized spacial score (nSPS) is 10.9. The molecule has 3 aromatic rings. The molecule has 2 amide bonds. The number of anilines is 1. The van der Waals surface area contributed by atoms with E-state index in [0.717, 1.165) is 10.2 Å². The van der Waals surface area contributed by atoms with Crippen LogP contribution in [0.25, 0.3) is 11.1 Å². The van der Waals surface area contributed by atoms with Crippen LogP contribution in [0.4, 0.5) is 5.69 Å². The highest BCUT2D eigenvalue weighted by atomic mass is 79.9. The molecule has 2 N–H and O–H groups in total. The molecule has 0 radical (unpaired) electrons. The number of hydrogen-bond donors (Lipinski definition) is 2. The smallest absolute Gasteiger partial charge is 0.257 e. The fourth-order valence-corrected chi connectivity index (χ4v) is 2.79. The third-order valence-electron chi connectivity index (χ3n) is 3.72. The number of amides is 2. The summed E-state index contributed by atoms with van der Waals surface area (Å²) < 4.78 is 5.93. The molecule has 7 nitrogen and oxygen atoms in total. The number of nitrogens with one attached hydrogen (secondary N) is 2. The summed E-state index contributed by atoms with van der Waals surface area (Å²) >= 11 is 3.35. The van der Waals surface area contributed by atoms with Gasteiger partial charge in [0.25, 0.3) is 11.6 Å². The fraction of sp³-hybridized carbons (Fsp3) is 0.222. The molecular weight excluding hydrogens is 400 g/mol. The number of pyridine rings is 1. The molecule has 0 aliphatic rings. The number of aromatic nitrogens is 2. The van der Waals surface area contributed by atoms with Gasteiger partial charge in [-0.3, -0.25) is 9.59 Å². The van der Waals surface area contributed by atoms with Gasteiger partial charge in [-0.1, -0.05) is 31.1 Å². The Morgan fingerprint density at radius 1 is 1.27 bits per heavy atom. The minimum atomic E-state index is -0.391. The Bertz CT molecular complexity index is 968. The first-order valence-corrected chi connectivity index (χ1v) is 8.83. The van der Waals surface area contributed by atoms with Crippen LogP contribution in [-0.2, 0) is 4.79 Å². The number of halogens is 1. The average Bonchev–Trinajstić information content (AvgIpc) is 3.05. The molecule has 134 valence electrons. The van der Waals surface area contributed by atoms with Crippen molar-refractivity contribution in [3.63, 3.8) is 0 Å². The Balaban J connectivity index is 1.66. The highest BCUT2D eigenvalue weighted by molar-refractivity contribution is 9.10. The summed E-state index contributed by atoms with van der Waals surface area (Å²) in [7, 11) is 0. The van der Waals surface area contributed by atoms with Crippen LogP contribution in [0.1, 0.15) is 35.8 Å². The lowest BCUT2D eigenvalue weighted by Crippen LogP contribution is -2.33. The second-order valence-electron chi connectivity index (χ2n) is 6.01. The number of carbonyl (C=O) groups is 2. The van der Waals surface area contributed by atoms with Crippen molar-refractivity contribution in [2.24, 2.45) is 0 Å². The Morgan fingerprint density at radius 3 is 2.77 bits per heavy atom. The van der Waals surface area contributed by atoms with Gasteiger partial charge < -0.3 is 15.2 Å². The van der Waals surface area contributed by atoms with Crippen LogP contribution < -0.4 is 10.6 Å². The summed E-state index contributed by atoms with van der Waals surface area (Å²) in [4.78, 5) is 28.5. The van der Waals surface area contributed by atoms with Crippen LogP contribution in [0.15, 0.2) is 45.5 Å². The maximum atomic E-state index is 12.3. The average molecular weight is 417 g/mol. The summed E-state index contributed by atoms with van der Waals surface area (Å²) in [6.07, 6.45) is 1.40. The van der Waals surface area contributed by atoms with Gasteiger partial charge in [0.05, 0.1) is 28.9 Å². The quantitative estimate of drug-likeness (QED) is 0.663. The Hall–Kier alpha value is -2.74. The van der Waals surface area contributed by atoms with E-state index < -0.39 is 5.91 Å². The first kappa shape index (κ1) is 18.1. The molecule has 1 aromatic carbocycles. The van der Waals surface area contributed by atoms with Gasteiger partial charge in [0, 0.05) is 10.7 Å².